The average molecular weight is 216 g/mol. The molecule has 0 aliphatic rings. The summed E-state index contributed by atoms with van der Waals surface area (Å²) in [6.45, 7) is 3.80. The lowest BCUT2D eigenvalue weighted by Crippen LogP contribution is -2.44. The molecule has 0 radical (unpaired) electrons. The second-order valence-corrected chi connectivity index (χ2v) is 3.50. The minimum Gasteiger partial charge on any atom is -0.396 e. The normalized spacial score (nSPS) is 11.9. The van der Waals surface area contributed by atoms with E-state index in [2.05, 4.69) is 10.6 Å². The number of aliphatic hydroxyl groups excluding tert-OH is 1. The van der Waals surface area contributed by atoms with E-state index in [-0.39, 0.29) is 18.4 Å². The molecule has 0 aliphatic heterocycles. The standard InChI is InChI=1S/C10H20N2O3/c1-8(12-9(2)14)10(15)11-6-4-3-5-7-13/h8,13H,3-7H2,1-2H3,(H,11,15)(H,12,14). The maximum absolute atomic E-state index is 11.3. The Kier molecular flexibility index (Phi) is 7.62. The lowest BCUT2D eigenvalue weighted by Gasteiger charge is -2.12. The molecule has 0 aliphatic carbocycles. The van der Waals surface area contributed by atoms with Crippen LogP contribution in [0.15, 0.2) is 0 Å². The molecule has 0 heterocycles. The zero-order valence-electron chi connectivity index (χ0n) is 9.38. The van der Waals surface area contributed by atoms with Crippen molar-refractivity contribution in [1.29, 1.82) is 0 Å². The largest absolute Gasteiger partial charge is 0.396 e. The van der Waals surface area contributed by atoms with Gasteiger partial charge in [0.15, 0.2) is 0 Å². The number of hydrogen-bond donors (Lipinski definition) is 3. The van der Waals surface area contributed by atoms with E-state index in [4.69, 9.17) is 5.11 Å². The molecule has 5 nitrogen and oxygen atoms in total. The van der Waals surface area contributed by atoms with Crippen molar-refractivity contribution >= 4 is 11.8 Å². The van der Waals surface area contributed by atoms with Crippen molar-refractivity contribution in [2.24, 2.45) is 0 Å². The maximum Gasteiger partial charge on any atom is 0.242 e. The van der Waals surface area contributed by atoms with Gasteiger partial charge in [-0.25, -0.2) is 0 Å². The fourth-order valence-electron chi connectivity index (χ4n) is 1.15. The Morgan fingerprint density at radius 1 is 1.27 bits per heavy atom. The van der Waals surface area contributed by atoms with E-state index in [1.807, 2.05) is 0 Å². The molecular formula is C10H20N2O3. The molecule has 2 amide bonds. The van der Waals surface area contributed by atoms with Crippen LogP contribution in [0.2, 0.25) is 0 Å². The van der Waals surface area contributed by atoms with Crippen LogP contribution in [0.3, 0.4) is 0 Å². The van der Waals surface area contributed by atoms with Crippen molar-refractivity contribution in [2.45, 2.75) is 39.2 Å². The fourth-order valence-corrected chi connectivity index (χ4v) is 1.15. The van der Waals surface area contributed by atoms with Crippen LogP contribution in [-0.4, -0.2) is 36.1 Å². The maximum atomic E-state index is 11.3. The molecule has 0 saturated carbocycles. The smallest absolute Gasteiger partial charge is 0.242 e. The number of aliphatic hydroxyl groups is 1. The zero-order chi connectivity index (χ0) is 11.7. The highest BCUT2D eigenvalue weighted by molar-refractivity contribution is 5.86. The molecule has 1 unspecified atom stereocenters. The number of carbonyl (C=O) groups excluding carboxylic acids is 2. The molecule has 0 saturated heterocycles. The first kappa shape index (κ1) is 13.9. The molecule has 0 aromatic heterocycles. The Bertz CT molecular complexity index is 207. The Morgan fingerprint density at radius 2 is 1.93 bits per heavy atom. The van der Waals surface area contributed by atoms with Gasteiger partial charge in [-0.05, 0) is 26.2 Å². The van der Waals surface area contributed by atoms with E-state index in [0.29, 0.717) is 6.54 Å². The summed E-state index contributed by atoms with van der Waals surface area (Å²) in [5.74, 6) is -0.382. The van der Waals surface area contributed by atoms with Crippen molar-refractivity contribution in [2.75, 3.05) is 13.2 Å². The molecule has 88 valence electrons. The second kappa shape index (κ2) is 8.23. The van der Waals surface area contributed by atoms with Crippen LogP contribution < -0.4 is 10.6 Å². The summed E-state index contributed by atoms with van der Waals surface area (Å²) in [6, 6.07) is -0.486. The third-order valence-electron chi connectivity index (χ3n) is 1.95. The summed E-state index contributed by atoms with van der Waals surface area (Å²) in [7, 11) is 0. The van der Waals surface area contributed by atoms with E-state index >= 15 is 0 Å². The van der Waals surface area contributed by atoms with Gasteiger partial charge in [0.1, 0.15) is 6.04 Å². The first-order valence-corrected chi connectivity index (χ1v) is 5.23. The van der Waals surface area contributed by atoms with Crippen LogP contribution in [0.5, 0.6) is 0 Å². The first-order chi connectivity index (χ1) is 7.07. The zero-order valence-corrected chi connectivity index (χ0v) is 9.38. The van der Waals surface area contributed by atoms with Crippen LogP contribution in [0, 0.1) is 0 Å². The van der Waals surface area contributed by atoms with E-state index < -0.39 is 6.04 Å². The number of carbonyl (C=O) groups is 2. The lowest BCUT2D eigenvalue weighted by molar-refractivity contribution is -0.127. The summed E-state index contributed by atoms with van der Waals surface area (Å²) in [6.07, 6.45) is 2.50. The number of unbranched alkanes of at least 4 members (excludes halogenated alkanes) is 2. The van der Waals surface area contributed by atoms with Gasteiger partial charge in [-0.2, -0.15) is 0 Å². The number of amides is 2. The van der Waals surface area contributed by atoms with E-state index in [1.54, 1.807) is 6.92 Å². The monoisotopic (exact) mass is 216 g/mol. The van der Waals surface area contributed by atoms with Crippen LogP contribution in [0.25, 0.3) is 0 Å². The van der Waals surface area contributed by atoms with Crippen LogP contribution in [0.4, 0.5) is 0 Å². The van der Waals surface area contributed by atoms with Crippen molar-refractivity contribution < 1.29 is 14.7 Å². The summed E-state index contributed by atoms with van der Waals surface area (Å²) in [4.78, 5) is 22.0. The van der Waals surface area contributed by atoms with Crippen molar-refractivity contribution in [1.82, 2.24) is 10.6 Å². The van der Waals surface area contributed by atoms with Gasteiger partial charge in [-0.15, -0.1) is 0 Å². The van der Waals surface area contributed by atoms with Gasteiger partial charge < -0.3 is 15.7 Å². The topological polar surface area (TPSA) is 78.4 Å². The number of rotatable bonds is 7. The molecule has 0 spiro atoms. The summed E-state index contributed by atoms with van der Waals surface area (Å²) < 4.78 is 0. The number of nitrogens with one attached hydrogen (secondary N) is 2. The molecular weight excluding hydrogens is 196 g/mol. The van der Waals surface area contributed by atoms with Gasteiger partial charge >= 0.3 is 0 Å². The molecule has 0 aromatic carbocycles. The third-order valence-corrected chi connectivity index (χ3v) is 1.95. The Balaban J connectivity index is 3.51. The highest BCUT2D eigenvalue weighted by atomic mass is 16.3. The lowest BCUT2D eigenvalue weighted by atomic mass is 10.2. The highest BCUT2D eigenvalue weighted by Gasteiger charge is 2.11. The quantitative estimate of drug-likeness (QED) is 0.515. The van der Waals surface area contributed by atoms with Gasteiger partial charge in [-0.3, -0.25) is 9.59 Å². The predicted molar refractivity (Wildman–Crippen MR) is 57.2 cm³/mol. The summed E-state index contributed by atoms with van der Waals surface area (Å²) in [5.41, 5.74) is 0. The van der Waals surface area contributed by atoms with E-state index in [9.17, 15) is 9.59 Å². The van der Waals surface area contributed by atoms with Gasteiger partial charge in [0.2, 0.25) is 11.8 Å². The summed E-state index contributed by atoms with van der Waals surface area (Å²) in [5, 5.41) is 13.7. The Morgan fingerprint density at radius 3 is 2.47 bits per heavy atom. The molecule has 0 aromatic rings. The molecule has 0 rings (SSSR count). The third kappa shape index (κ3) is 7.93. The number of hydrogen-bond acceptors (Lipinski definition) is 3. The Labute approximate surface area is 90.2 Å². The second-order valence-electron chi connectivity index (χ2n) is 3.50. The van der Waals surface area contributed by atoms with Crippen molar-refractivity contribution in [3.8, 4) is 0 Å². The Hall–Kier alpha value is -1.10. The van der Waals surface area contributed by atoms with Gasteiger partial charge in [0.25, 0.3) is 0 Å². The minimum atomic E-state index is -0.486. The molecule has 3 N–H and O–H groups in total. The molecule has 1 atom stereocenters. The summed E-state index contributed by atoms with van der Waals surface area (Å²) >= 11 is 0. The van der Waals surface area contributed by atoms with Crippen molar-refractivity contribution in [3.63, 3.8) is 0 Å². The van der Waals surface area contributed by atoms with Crippen LogP contribution in [-0.2, 0) is 9.59 Å². The molecule has 0 fully saturated rings. The van der Waals surface area contributed by atoms with E-state index in [0.717, 1.165) is 19.3 Å². The average Bonchev–Trinajstić information content (AvgIpc) is 2.16. The van der Waals surface area contributed by atoms with Gasteiger partial charge in [0.05, 0.1) is 0 Å². The predicted octanol–water partition coefficient (Wildman–Crippen LogP) is -0.210. The van der Waals surface area contributed by atoms with Gasteiger partial charge in [-0.1, -0.05) is 0 Å². The van der Waals surface area contributed by atoms with Crippen LogP contribution >= 0.6 is 0 Å². The van der Waals surface area contributed by atoms with Gasteiger partial charge in [0, 0.05) is 20.1 Å². The highest BCUT2D eigenvalue weighted by Crippen LogP contribution is 1.92. The van der Waals surface area contributed by atoms with Crippen LogP contribution in [0.1, 0.15) is 33.1 Å². The molecule has 15 heavy (non-hydrogen) atoms. The first-order valence-electron chi connectivity index (χ1n) is 5.23. The minimum absolute atomic E-state index is 0.172. The molecule has 0 bridgehead atoms. The van der Waals surface area contributed by atoms with Crippen molar-refractivity contribution in [3.05, 3.63) is 0 Å². The molecule has 5 heteroatoms. The fraction of sp³-hybridized carbons (Fsp3) is 0.800. The SMILES string of the molecule is CC(=O)NC(C)C(=O)NCCCCCO. The van der Waals surface area contributed by atoms with E-state index in [1.165, 1.54) is 6.92 Å².